The molecule has 0 aliphatic heterocycles. The average Bonchev–Trinajstić information content (AvgIpc) is 2.50. The Balaban J connectivity index is 1.93. The Morgan fingerprint density at radius 2 is 1.90 bits per heavy atom. The zero-order valence-corrected chi connectivity index (χ0v) is 12.4. The van der Waals surface area contributed by atoms with E-state index in [1.54, 1.807) is 6.20 Å². The van der Waals surface area contributed by atoms with Crippen LogP contribution in [0.4, 0.5) is 0 Å². The Morgan fingerprint density at radius 3 is 2.71 bits per heavy atom. The molecule has 0 spiro atoms. The molecule has 1 aromatic heterocycles. The molecule has 3 rings (SSSR count). The molecule has 2 nitrogen and oxygen atoms in total. The molecule has 1 heterocycles. The molecule has 0 saturated carbocycles. The smallest absolute Gasteiger partial charge is 0.0836 e. The van der Waals surface area contributed by atoms with Gasteiger partial charge in [-0.15, -0.1) is 0 Å². The maximum Gasteiger partial charge on any atom is 0.0836 e. The first kappa shape index (κ1) is 13.8. The second kappa shape index (κ2) is 5.66. The first-order chi connectivity index (χ1) is 10.1. The lowest BCUT2D eigenvalue weighted by atomic mass is 9.96. The number of pyridine rings is 1. The van der Waals surface area contributed by atoms with E-state index in [1.165, 1.54) is 11.1 Å². The Labute approximate surface area is 125 Å². The fourth-order valence-corrected chi connectivity index (χ4v) is 2.69. The van der Waals surface area contributed by atoms with Crippen molar-refractivity contribution in [1.29, 1.82) is 0 Å². The molecule has 0 bridgehead atoms. The van der Waals surface area contributed by atoms with Crippen LogP contribution in [0.25, 0.3) is 10.8 Å². The van der Waals surface area contributed by atoms with Gasteiger partial charge in [0.25, 0.3) is 0 Å². The molecule has 3 aromatic rings. The van der Waals surface area contributed by atoms with Crippen LogP contribution in [0.2, 0.25) is 0 Å². The van der Waals surface area contributed by atoms with Crippen LogP contribution in [0.3, 0.4) is 0 Å². The first-order valence-electron chi connectivity index (χ1n) is 7.22. The van der Waals surface area contributed by atoms with Crippen molar-refractivity contribution < 1.29 is 5.11 Å². The summed E-state index contributed by atoms with van der Waals surface area (Å²) in [6.07, 6.45) is 3.71. The molecule has 1 atom stereocenters. The fraction of sp³-hybridized carbons (Fsp3) is 0.211. The topological polar surface area (TPSA) is 33.1 Å². The number of aliphatic hydroxyl groups is 1. The standard InChI is InChI=1S/C19H19NO/c1-13-6-7-15(10-14(13)2)11-19(21)17-5-3-4-16-8-9-20-12-18(16)17/h3-10,12,19,21H,11H2,1-2H3. The molecule has 2 heteroatoms. The number of hydrogen-bond donors (Lipinski definition) is 1. The molecule has 0 fully saturated rings. The minimum Gasteiger partial charge on any atom is -0.388 e. The van der Waals surface area contributed by atoms with Gasteiger partial charge < -0.3 is 5.11 Å². The third-order valence-corrected chi connectivity index (χ3v) is 4.08. The minimum absolute atomic E-state index is 0.514. The van der Waals surface area contributed by atoms with E-state index < -0.39 is 6.10 Å². The zero-order valence-electron chi connectivity index (χ0n) is 12.4. The maximum atomic E-state index is 10.6. The maximum absolute atomic E-state index is 10.6. The molecule has 1 N–H and O–H groups in total. The predicted molar refractivity (Wildman–Crippen MR) is 86.3 cm³/mol. The van der Waals surface area contributed by atoms with Crippen molar-refractivity contribution in [2.75, 3.05) is 0 Å². The van der Waals surface area contributed by atoms with Crippen LogP contribution in [0, 0.1) is 13.8 Å². The molecule has 0 saturated heterocycles. The van der Waals surface area contributed by atoms with Crippen LogP contribution in [0.5, 0.6) is 0 Å². The lowest BCUT2D eigenvalue weighted by Crippen LogP contribution is -2.03. The Bertz CT molecular complexity index is 774. The van der Waals surface area contributed by atoms with Crippen LogP contribution in [-0.4, -0.2) is 10.1 Å². The summed E-state index contributed by atoms with van der Waals surface area (Å²) in [5, 5.41) is 12.7. The highest BCUT2D eigenvalue weighted by atomic mass is 16.3. The molecule has 1 unspecified atom stereocenters. The first-order valence-corrected chi connectivity index (χ1v) is 7.22. The molecule has 0 aliphatic carbocycles. The van der Waals surface area contributed by atoms with Crippen molar-refractivity contribution in [3.05, 3.63) is 77.1 Å². The Kier molecular flexibility index (Phi) is 3.72. The molecule has 106 valence electrons. The third-order valence-electron chi connectivity index (χ3n) is 4.08. The fourth-order valence-electron chi connectivity index (χ4n) is 2.69. The van der Waals surface area contributed by atoms with Crippen molar-refractivity contribution >= 4 is 10.8 Å². The van der Waals surface area contributed by atoms with E-state index >= 15 is 0 Å². The molecule has 0 amide bonds. The lowest BCUT2D eigenvalue weighted by Gasteiger charge is -2.14. The number of aromatic nitrogens is 1. The van der Waals surface area contributed by atoms with Gasteiger partial charge in [-0.05, 0) is 47.6 Å². The van der Waals surface area contributed by atoms with Crippen molar-refractivity contribution in [3.63, 3.8) is 0 Å². The second-order valence-electron chi connectivity index (χ2n) is 5.58. The normalized spacial score (nSPS) is 12.5. The Hall–Kier alpha value is -2.19. The largest absolute Gasteiger partial charge is 0.388 e. The molecular weight excluding hydrogens is 258 g/mol. The van der Waals surface area contributed by atoms with Gasteiger partial charge in [0.15, 0.2) is 0 Å². The summed E-state index contributed by atoms with van der Waals surface area (Å²) in [6, 6.07) is 14.3. The average molecular weight is 277 g/mol. The quantitative estimate of drug-likeness (QED) is 0.781. The van der Waals surface area contributed by atoms with Crippen LogP contribution in [-0.2, 0) is 6.42 Å². The third kappa shape index (κ3) is 2.81. The number of rotatable bonds is 3. The lowest BCUT2D eigenvalue weighted by molar-refractivity contribution is 0.180. The summed E-state index contributed by atoms with van der Waals surface area (Å²) in [5.74, 6) is 0. The predicted octanol–water partition coefficient (Wildman–Crippen LogP) is 4.13. The van der Waals surface area contributed by atoms with Gasteiger partial charge in [-0.25, -0.2) is 0 Å². The van der Waals surface area contributed by atoms with Gasteiger partial charge in [0.05, 0.1) is 6.10 Å². The van der Waals surface area contributed by atoms with Gasteiger partial charge in [-0.2, -0.15) is 0 Å². The number of aryl methyl sites for hydroxylation is 2. The van der Waals surface area contributed by atoms with Gasteiger partial charge in [-0.1, -0.05) is 36.4 Å². The number of nitrogens with zero attached hydrogens (tertiary/aromatic N) is 1. The minimum atomic E-state index is -0.514. The summed E-state index contributed by atoms with van der Waals surface area (Å²) in [6.45, 7) is 4.21. The van der Waals surface area contributed by atoms with Crippen LogP contribution < -0.4 is 0 Å². The summed E-state index contributed by atoms with van der Waals surface area (Å²) < 4.78 is 0. The number of hydrogen-bond acceptors (Lipinski definition) is 2. The van der Waals surface area contributed by atoms with Gasteiger partial charge in [-0.3, -0.25) is 4.98 Å². The highest BCUT2D eigenvalue weighted by molar-refractivity contribution is 5.85. The van der Waals surface area contributed by atoms with Crippen molar-refractivity contribution in [2.24, 2.45) is 0 Å². The number of benzene rings is 2. The molecular formula is C19H19NO. The SMILES string of the molecule is Cc1ccc(CC(O)c2cccc3ccncc23)cc1C. The number of fused-ring (bicyclic) bond motifs is 1. The zero-order chi connectivity index (χ0) is 14.8. The van der Waals surface area contributed by atoms with Gasteiger partial charge in [0, 0.05) is 24.2 Å². The van der Waals surface area contributed by atoms with Crippen molar-refractivity contribution in [1.82, 2.24) is 4.98 Å². The molecule has 0 radical (unpaired) electrons. The van der Waals surface area contributed by atoms with Crippen molar-refractivity contribution in [2.45, 2.75) is 26.4 Å². The Morgan fingerprint density at radius 1 is 1.05 bits per heavy atom. The highest BCUT2D eigenvalue weighted by Crippen LogP contribution is 2.26. The van der Waals surface area contributed by atoms with Crippen molar-refractivity contribution in [3.8, 4) is 0 Å². The monoisotopic (exact) mass is 277 g/mol. The summed E-state index contributed by atoms with van der Waals surface area (Å²) in [7, 11) is 0. The molecule has 2 aromatic carbocycles. The van der Waals surface area contributed by atoms with E-state index in [0.717, 1.165) is 21.9 Å². The van der Waals surface area contributed by atoms with E-state index in [9.17, 15) is 5.11 Å². The van der Waals surface area contributed by atoms with Gasteiger partial charge in [0.2, 0.25) is 0 Å². The van der Waals surface area contributed by atoms with E-state index in [2.05, 4.69) is 37.0 Å². The van der Waals surface area contributed by atoms with E-state index in [4.69, 9.17) is 0 Å². The van der Waals surface area contributed by atoms with E-state index in [0.29, 0.717) is 6.42 Å². The van der Waals surface area contributed by atoms with E-state index in [1.807, 2.05) is 30.5 Å². The van der Waals surface area contributed by atoms with Gasteiger partial charge in [0.1, 0.15) is 0 Å². The second-order valence-corrected chi connectivity index (χ2v) is 5.58. The van der Waals surface area contributed by atoms with Crippen LogP contribution in [0.1, 0.15) is 28.4 Å². The van der Waals surface area contributed by atoms with Gasteiger partial charge >= 0.3 is 0 Å². The van der Waals surface area contributed by atoms with Crippen LogP contribution >= 0.6 is 0 Å². The van der Waals surface area contributed by atoms with E-state index in [-0.39, 0.29) is 0 Å². The molecule has 21 heavy (non-hydrogen) atoms. The summed E-state index contributed by atoms with van der Waals surface area (Å²) in [5.41, 5.74) is 4.65. The summed E-state index contributed by atoms with van der Waals surface area (Å²) in [4.78, 5) is 4.18. The highest BCUT2D eigenvalue weighted by Gasteiger charge is 2.12. The molecule has 0 aliphatic rings. The summed E-state index contributed by atoms with van der Waals surface area (Å²) >= 11 is 0. The number of aliphatic hydroxyl groups excluding tert-OH is 1. The van der Waals surface area contributed by atoms with Crippen LogP contribution in [0.15, 0.2) is 54.9 Å².